The lowest BCUT2D eigenvalue weighted by atomic mass is 9.70. The first kappa shape index (κ1) is 24.4. The summed E-state index contributed by atoms with van der Waals surface area (Å²) < 4.78 is 17.8. The molecule has 0 aromatic rings. The standard InChI is InChI=1S/C21H37BrO4Si/c1-14(2)16-17(22)18(25-13-24-8)19(23)21(16,7)12-11-15(3)26-27(9,10)20(4,5)6/h11,14,16H,12-13H2,1-10H3/b15-11+/t16-,21+/m0/s1. The number of Topliss-reactive ketones (excluding diaryl/α,β-unsaturated/α-hetero) is 1. The predicted octanol–water partition coefficient (Wildman–Crippen LogP) is 6.39. The van der Waals surface area contributed by atoms with E-state index in [9.17, 15) is 4.79 Å². The van der Waals surface area contributed by atoms with Crippen LogP contribution in [0.15, 0.2) is 22.1 Å². The van der Waals surface area contributed by atoms with Crippen LogP contribution in [0, 0.1) is 17.3 Å². The number of methoxy groups -OCH3 is 1. The number of ether oxygens (including phenoxy) is 2. The smallest absolute Gasteiger partial charge is 0.250 e. The quantitative estimate of drug-likeness (QED) is 0.239. The summed E-state index contributed by atoms with van der Waals surface area (Å²) in [5.41, 5.74) is -0.561. The molecule has 0 unspecified atom stereocenters. The average Bonchev–Trinajstić information content (AvgIpc) is 2.69. The molecule has 27 heavy (non-hydrogen) atoms. The van der Waals surface area contributed by atoms with Crippen LogP contribution in [0.5, 0.6) is 0 Å². The molecule has 1 aliphatic carbocycles. The Morgan fingerprint density at radius 2 is 1.89 bits per heavy atom. The first-order chi connectivity index (χ1) is 12.2. The summed E-state index contributed by atoms with van der Waals surface area (Å²) >= 11 is 3.63. The van der Waals surface area contributed by atoms with Crippen LogP contribution >= 0.6 is 15.9 Å². The third kappa shape index (κ3) is 5.27. The highest BCUT2D eigenvalue weighted by Crippen LogP contribution is 2.52. The van der Waals surface area contributed by atoms with Crippen molar-refractivity contribution in [1.29, 1.82) is 0 Å². The topological polar surface area (TPSA) is 44.8 Å². The Bertz CT molecular complexity index is 616. The highest BCUT2D eigenvalue weighted by Gasteiger charge is 2.52. The van der Waals surface area contributed by atoms with Gasteiger partial charge in [0.15, 0.2) is 12.6 Å². The van der Waals surface area contributed by atoms with Crippen molar-refractivity contribution < 1.29 is 18.7 Å². The molecule has 2 atom stereocenters. The van der Waals surface area contributed by atoms with Crippen molar-refractivity contribution >= 4 is 30.0 Å². The summed E-state index contributed by atoms with van der Waals surface area (Å²) in [6, 6.07) is 0. The van der Waals surface area contributed by atoms with Gasteiger partial charge in [0, 0.05) is 22.9 Å². The molecule has 0 heterocycles. The fourth-order valence-electron chi connectivity index (χ4n) is 3.38. The molecule has 1 aliphatic rings. The normalized spacial score (nSPS) is 24.8. The second kappa shape index (κ2) is 8.83. The highest BCUT2D eigenvalue weighted by atomic mass is 79.9. The molecule has 0 saturated carbocycles. The van der Waals surface area contributed by atoms with E-state index in [1.165, 1.54) is 0 Å². The zero-order valence-electron chi connectivity index (χ0n) is 18.7. The number of carbonyl (C=O) groups is 1. The molecule has 0 spiro atoms. The minimum atomic E-state index is -1.88. The minimum absolute atomic E-state index is 0.0292. The first-order valence-electron chi connectivity index (χ1n) is 9.61. The average molecular weight is 462 g/mol. The van der Waals surface area contributed by atoms with Crippen molar-refractivity contribution in [3.05, 3.63) is 22.1 Å². The van der Waals surface area contributed by atoms with E-state index in [0.717, 1.165) is 10.2 Å². The molecule has 0 radical (unpaired) electrons. The molecular weight excluding hydrogens is 424 g/mol. The van der Waals surface area contributed by atoms with E-state index in [1.807, 2.05) is 13.8 Å². The third-order valence-electron chi connectivity index (χ3n) is 5.92. The maximum Gasteiger partial charge on any atom is 0.250 e. The molecule has 0 fully saturated rings. The number of ketones is 1. The van der Waals surface area contributed by atoms with Crippen LogP contribution in [0.3, 0.4) is 0 Å². The molecule has 4 nitrogen and oxygen atoms in total. The Balaban J connectivity index is 3.08. The van der Waals surface area contributed by atoms with E-state index in [1.54, 1.807) is 7.11 Å². The van der Waals surface area contributed by atoms with Gasteiger partial charge in [0.2, 0.25) is 14.1 Å². The second-order valence-electron chi connectivity index (χ2n) is 9.58. The van der Waals surface area contributed by atoms with Gasteiger partial charge in [-0.1, -0.05) is 57.5 Å². The molecule has 0 saturated heterocycles. The molecule has 1 rings (SSSR count). The van der Waals surface area contributed by atoms with E-state index < -0.39 is 13.7 Å². The molecule has 0 aromatic carbocycles. The van der Waals surface area contributed by atoms with Gasteiger partial charge in [0.1, 0.15) is 0 Å². The van der Waals surface area contributed by atoms with E-state index in [4.69, 9.17) is 13.9 Å². The van der Waals surface area contributed by atoms with Gasteiger partial charge in [-0.25, -0.2) is 0 Å². The van der Waals surface area contributed by atoms with Crippen LogP contribution in [0.4, 0.5) is 0 Å². The van der Waals surface area contributed by atoms with Gasteiger partial charge in [-0.3, -0.25) is 4.79 Å². The first-order valence-corrected chi connectivity index (χ1v) is 13.3. The summed E-state index contributed by atoms with van der Waals surface area (Å²) in [4.78, 5) is 13.2. The van der Waals surface area contributed by atoms with Crippen LogP contribution < -0.4 is 0 Å². The van der Waals surface area contributed by atoms with E-state index in [2.05, 4.69) is 69.7 Å². The fraction of sp³-hybridized carbons (Fsp3) is 0.762. The molecule has 6 heteroatoms. The van der Waals surface area contributed by atoms with Gasteiger partial charge in [-0.05, 0) is 43.5 Å². The predicted molar refractivity (Wildman–Crippen MR) is 117 cm³/mol. The Morgan fingerprint density at radius 1 is 1.33 bits per heavy atom. The largest absolute Gasteiger partial charge is 0.547 e. The number of hydrogen-bond acceptors (Lipinski definition) is 4. The van der Waals surface area contributed by atoms with Crippen molar-refractivity contribution in [3.63, 3.8) is 0 Å². The summed E-state index contributed by atoms with van der Waals surface area (Å²) in [6.07, 6.45) is 2.69. The van der Waals surface area contributed by atoms with Crippen LogP contribution in [-0.4, -0.2) is 28.0 Å². The maximum absolute atomic E-state index is 13.2. The zero-order valence-corrected chi connectivity index (χ0v) is 21.2. The number of rotatable bonds is 8. The molecule has 0 aliphatic heterocycles. The highest BCUT2D eigenvalue weighted by molar-refractivity contribution is 9.11. The van der Waals surface area contributed by atoms with E-state index in [-0.39, 0.29) is 23.5 Å². The van der Waals surface area contributed by atoms with Crippen molar-refractivity contribution in [1.82, 2.24) is 0 Å². The lowest BCUT2D eigenvalue weighted by molar-refractivity contribution is -0.130. The molecule has 156 valence electrons. The summed E-state index contributed by atoms with van der Waals surface area (Å²) in [5.74, 6) is 1.69. The van der Waals surface area contributed by atoms with Crippen LogP contribution in [0.2, 0.25) is 18.1 Å². The van der Waals surface area contributed by atoms with Gasteiger partial charge in [-0.2, -0.15) is 0 Å². The number of hydrogen-bond donors (Lipinski definition) is 0. The minimum Gasteiger partial charge on any atom is -0.547 e. The Morgan fingerprint density at radius 3 is 2.33 bits per heavy atom. The molecule has 0 N–H and O–H groups in total. The van der Waals surface area contributed by atoms with E-state index >= 15 is 0 Å². The van der Waals surface area contributed by atoms with E-state index in [0.29, 0.717) is 18.1 Å². The maximum atomic E-state index is 13.2. The Labute approximate surface area is 175 Å². The summed E-state index contributed by atoms with van der Waals surface area (Å²) in [6.45, 7) is 19.5. The third-order valence-corrected chi connectivity index (χ3v) is 11.2. The number of halogens is 1. The summed E-state index contributed by atoms with van der Waals surface area (Å²) in [5, 5.41) is 0.140. The zero-order chi connectivity index (χ0) is 21.2. The van der Waals surface area contributed by atoms with Gasteiger partial charge in [0.05, 0.1) is 5.76 Å². The molecular formula is C21H37BrO4Si. The van der Waals surface area contributed by atoms with Crippen molar-refractivity contribution in [2.75, 3.05) is 13.9 Å². The SMILES string of the molecule is COCOC1=C(Br)[C@H](C(C)C)[C@@](C)(C/C=C(\C)O[Si](C)(C)C(C)(C)C)C1=O. The van der Waals surface area contributed by atoms with Crippen molar-refractivity contribution in [2.24, 2.45) is 17.3 Å². The van der Waals surface area contributed by atoms with Crippen molar-refractivity contribution in [2.45, 2.75) is 73.0 Å². The van der Waals surface area contributed by atoms with Crippen molar-refractivity contribution in [3.8, 4) is 0 Å². The van der Waals surface area contributed by atoms with Gasteiger partial charge >= 0.3 is 0 Å². The second-order valence-corrected chi connectivity index (χ2v) is 15.2. The molecule has 0 bridgehead atoms. The van der Waals surface area contributed by atoms with Gasteiger partial charge < -0.3 is 13.9 Å². The Kier molecular flexibility index (Phi) is 7.99. The molecule has 0 amide bonds. The van der Waals surface area contributed by atoms with Crippen LogP contribution in [0.25, 0.3) is 0 Å². The number of allylic oxidation sites excluding steroid dienone is 4. The lowest BCUT2D eigenvalue weighted by Crippen LogP contribution is -2.40. The van der Waals surface area contributed by atoms with Crippen LogP contribution in [-0.2, 0) is 18.7 Å². The lowest BCUT2D eigenvalue weighted by Gasteiger charge is -2.37. The van der Waals surface area contributed by atoms with Gasteiger partial charge in [0.25, 0.3) is 0 Å². The fourth-order valence-corrected chi connectivity index (χ4v) is 5.91. The summed E-state index contributed by atoms with van der Waals surface area (Å²) in [7, 11) is -0.331. The van der Waals surface area contributed by atoms with Crippen LogP contribution in [0.1, 0.15) is 54.9 Å². The Hall–Kier alpha value is -0.593. The molecule has 0 aromatic heterocycles. The van der Waals surface area contributed by atoms with Gasteiger partial charge in [-0.15, -0.1) is 0 Å². The monoisotopic (exact) mass is 460 g/mol. The number of carbonyl (C=O) groups excluding carboxylic acids is 1.